The molecule has 0 saturated heterocycles. The third-order valence-electron chi connectivity index (χ3n) is 5.45. The molecule has 36 heavy (non-hydrogen) atoms. The van der Waals surface area contributed by atoms with Crippen LogP contribution in [-0.4, -0.2) is 55.6 Å². The van der Waals surface area contributed by atoms with E-state index in [1.54, 1.807) is 29.9 Å². The van der Waals surface area contributed by atoms with Crippen LogP contribution in [0.2, 0.25) is 0 Å². The van der Waals surface area contributed by atoms with Crippen molar-refractivity contribution in [1.29, 1.82) is 0 Å². The first kappa shape index (κ1) is 27.3. The highest BCUT2D eigenvalue weighted by Crippen LogP contribution is 2.31. The van der Waals surface area contributed by atoms with E-state index in [9.17, 15) is 13.8 Å². The maximum atomic E-state index is 13.1. The molecule has 0 aliphatic carbocycles. The largest absolute Gasteiger partial charge is 0.491 e. The Morgan fingerprint density at radius 2 is 1.97 bits per heavy atom. The Kier molecular flexibility index (Phi) is 9.56. The molecular weight excluding hydrogens is 484 g/mol. The summed E-state index contributed by atoms with van der Waals surface area (Å²) in [4.78, 5) is 29.7. The van der Waals surface area contributed by atoms with Gasteiger partial charge in [-0.2, -0.15) is 5.10 Å². The van der Waals surface area contributed by atoms with Crippen LogP contribution in [0.25, 0.3) is 11.0 Å². The number of imidazole rings is 1. The van der Waals surface area contributed by atoms with E-state index in [2.05, 4.69) is 24.8 Å². The fraction of sp³-hybridized carbons (Fsp3) is 0.478. The van der Waals surface area contributed by atoms with Crippen LogP contribution in [0.5, 0.6) is 5.75 Å². The Balaban J connectivity index is 1.89. The first-order valence-corrected chi connectivity index (χ1v) is 13.1. The van der Waals surface area contributed by atoms with Crippen LogP contribution < -0.4 is 25.2 Å². The van der Waals surface area contributed by atoms with E-state index < -0.39 is 17.1 Å². The molecule has 0 fully saturated rings. The molecule has 1 unspecified atom stereocenters. The lowest BCUT2D eigenvalue weighted by molar-refractivity contribution is 0.0995. The Bertz CT molecular complexity index is 1250. The number of aryl methyl sites for hydroxylation is 3. The van der Waals surface area contributed by atoms with Crippen LogP contribution in [0, 0.1) is 6.92 Å². The van der Waals surface area contributed by atoms with Crippen LogP contribution >= 0.6 is 0 Å². The number of anilines is 1. The molecule has 2 amide bonds. The average Bonchev–Trinajstić information content (AvgIpc) is 3.40. The Labute approximate surface area is 212 Å². The number of carbonyl (C=O) groups is 2. The van der Waals surface area contributed by atoms with Crippen molar-refractivity contribution in [1.82, 2.24) is 28.8 Å². The van der Waals surface area contributed by atoms with E-state index in [1.165, 1.54) is 0 Å². The molecule has 1 atom stereocenters. The molecule has 0 aliphatic heterocycles. The van der Waals surface area contributed by atoms with Gasteiger partial charge in [0, 0.05) is 25.2 Å². The number of nitrogens with zero attached hydrogens (tertiary/aromatic N) is 4. The van der Waals surface area contributed by atoms with Gasteiger partial charge in [0.25, 0.3) is 5.91 Å². The van der Waals surface area contributed by atoms with E-state index in [-0.39, 0.29) is 11.5 Å². The molecule has 13 heteroatoms. The molecule has 12 nitrogen and oxygen atoms in total. The highest BCUT2D eigenvalue weighted by molar-refractivity contribution is 7.80. The number of unbranched alkanes of at least 4 members (excludes halogenated alkanes) is 1. The molecule has 0 saturated carbocycles. The van der Waals surface area contributed by atoms with Crippen LogP contribution in [0.15, 0.2) is 18.2 Å². The summed E-state index contributed by atoms with van der Waals surface area (Å²) in [6.45, 7) is 7.84. The molecule has 1 aromatic carbocycles. The number of nitrogens with two attached hydrogens (primary N) is 1. The maximum Gasteiger partial charge on any atom is 0.276 e. The van der Waals surface area contributed by atoms with Gasteiger partial charge in [-0.15, -0.1) is 0 Å². The van der Waals surface area contributed by atoms with Crippen LogP contribution in [0.1, 0.15) is 59.7 Å². The van der Waals surface area contributed by atoms with Gasteiger partial charge < -0.3 is 15.0 Å². The predicted octanol–water partition coefficient (Wildman–Crippen LogP) is 1.87. The highest BCUT2D eigenvalue weighted by Gasteiger charge is 2.21. The number of hydrogen-bond donors (Lipinski definition) is 4. The minimum atomic E-state index is -1.26. The molecule has 0 spiro atoms. The van der Waals surface area contributed by atoms with Crippen molar-refractivity contribution in [3.63, 3.8) is 0 Å². The SMILES string of the molecule is CCCn1c(NC(=O)c2cc(C)nn2CC)nc2cc(C(N)=O)cc(OCCCCNS(=O)NC)c21. The zero-order valence-corrected chi connectivity index (χ0v) is 21.9. The molecule has 196 valence electrons. The van der Waals surface area contributed by atoms with E-state index in [4.69, 9.17) is 10.5 Å². The third kappa shape index (κ3) is 6.47. The molecule has 0 aliphatic rings. The summed E-state index contributed by atoms with van der Waals surface area (Å²) in [5.74, 6) is -0.111. The molecule has 5 N–H and O–H groups in total. The van der Waals surface area contributed by atoms with Gasteiger partial charge >= 0.3 is 0 Å². The number of amides is 2. The summed E-state index contributed by atoms with van der Waals surface area (Å²) in [6.07, 6.45) is 2.22. The minimum Gasteiger partial charge on any atom is -0.491 e. The molecule has 3 aromatic rings. The summed E-state index contributed by atoms with van der Waals surface area (Å²) < 4.78 is 26.4. The van der Waals surface area contributed by atoms with Crippen LogP contribution in [0.4, 0.5) is 5.95 Å². The zero-order valence-electron chi connectivity index (χ0n) is 21.1. The molecular formula is C23H34N8O4S. The number of hydrogen-bond acceptors (Lipinski definition) is 6. The summed E-state index contributed by atoms with van der Waals surface area (Å²) >= 11 is -1.26. The first-order chi connectivity index (χ1) is 17.3. The second kappa shape index (κ2) is 12.6. The molecule has 0 bridgehead atoms. The van der Waals surface area contributed by atoms with Crippen molar-refractivity contribution in [2.75, 3.05) is 25.5 Å². The smallest absolute Gasteiger partial charge is 0.276 e. The number of fused-ring (bicyclic) bond motifs is 1. The standard InChI is InChI=1S/C23H34N8O4S/c1-5-10-30-20-17(27-23(30)28-22(33)18-12-15(3)29-31(18)6-2)13-16(21(24)32)14-19(20)35-11-8-7-9-26-36(34)25-4/h12-14,25-26H,5-11H2,1-4H3,(H2,24,32)(H,27,28,33). The normalized spacial score (nSPS) is 12.1. The number of benzene rings is 1. The van der Waals surface area contributed by atoms with Gasteiger partial charge in [0.2, 0.25) is 11.9 Å². The van der Waals surface area contributed by atoms with E-state index in [0.29, 0.717) is 61.1 Å². The van der Waals surface area contributed by atoms with Gasteiger partial charge in [0.05, 0.1) is 17.8 Å². The summed E-state index contributed by atoms with van der Waals surface area (Å²) in [5.41, 5.74) is 8.17. The number of aromatic nitrogens is 4. The van der Waals surface area contributed by atoms with Gasteiger partial charge in [-0.25, -0.2) is 18.6 Å². The number of rotatable bonds is 14. The van der Waals surface area contributed by atoms with Crippen molar-refractivity contribution in [3.8, 4) is 5.75 Å². The Hall–Kier alpha value is -3.29. The number of nitrogens with one attached hydrogen (secondary N) is 3. The molecule has 0 radical (unpaired) electrons. The third-order valence-corrected chi connectivity index (χ3v) is 6.28. The fourth-order valence-corrected chi connectivity index (χ4v) is 4.27. The van der Waals surface area contributed by atoms with Gasteiger partial charge in [0.15, 0.2) is 11.2 Å². The number of primary amides is 1. The fourth-order valence-electron chi connectivity index (χ4n) is 3.80. The maximum absolute atomic E-state index is 13.1. The first-order valence-electron chi connectivity index (χ1n) is 11.9. The second-order valence-corrected chi connectivity index (χ2v) is 9.39. The predicted molar refractivity (Wildman–Crippen MR) is 139 cm³/mol. The summed E-state index contributed by atoms with van der Waals surface area (Å²) in [7, 11) is 1.61. The van der Waals surface area contributed by atoms with Crippen molar-refractivity contribution in [3.05, 3.63) is 35.2 Å². The molecule has 3 rings (SSSR count). The quantitative estimate of drug-likeness (QED) is 0.239. The number of ether oxygens (including phenoxy) is 1. The van der Waals surface area contributed by atoms with Crippen molar-refractivity contribution < 1.29 is 18.5 Å². The lowest BCUT2D eigenvalue weighted by atomic mass is 10.1. The van der Waals surface area contributed by atoms with Crippen molar-refractivity contribution in [2.24, 2.45) is 5.73 Å². The molecule has 2 heterocycles. The van der Waals surface area contributed by atoms with Gasteiger partial charge in [0.1, 0.15) is 17.0 Å². The van der Waals surface area contributed by atoms with Gasteiger partial charge in [-0.3, -0.25) is 19.6 Å². The topological polar surface area (TPSA) is 158 Å². The van der Waals surface area contributed by atoms with Gasteiger partial charge in [-0.1, -0.05) is 6.92 Å². The lowest BCUT2D eigenvalue weighted by Crippen LogP contribution is -2.28. The Morgan fingerprint density at radius 3 is 2.64 bits per heavy atom. The van der Waals surface area contributed by atoms with E-state index >= 15 is 0 Å². The van der Waals surface area contributed by atoms with E-state index in [0.717, 1.165) is 18.5 Å². The zero-order chi connectivity index (χ0) is 26.2. The van der Waals surface area contributed by atoms with Crippen LogP contribution in [0.3, 0.4) is 0 Å². The minimum absolute atomic E-state index is 0.266. The summed E-state index contributed by atoms with van der Waals surface area (Å²) in [6, 6.07) is 4.93. The summed E-state index contributed by atoms with van der Waals surface area (Å²) in [5, 5.41) is 7.24. The molecule has 2 aromatic heterocycles. The second-order valence-electron chi connectivity index (χ2n) is 8.16. The number of carbonyl (C=O) groups excluding carboxylic acids is 2. The lowest BCUT2D eigenvalue weighted by Gasteiger charge is -2.13. The van der Waals surface area contributed by atoms with Gasteiger partial charge in [-0.05, 0) is 58.4 Å². The van der Waals surface area contributed by atoms with Crippen molar-refractivity contribution in [2.45, 2.75) is 53.1 Å². The average molecular weight is 519 g/mol. The highest BCUT2D eigenvalue weighted by atomic mass is 32.2. The van der Waals surface area contributed by atoms with E-state index in [1.807, 2.05) is 25.3 Å². The Morgan fingerprint density at radius 1 is 1.19 bits per heavy atom. The van der Waals surface area contributed by atoms with Crippen molar-refractivity contribution >= 4 is 40.0 Å². The van der Waals surface area contributed by atoms with Crippen LogP contribution in [-0.2, 0) is 24.3 Å². The monoisotopic (exact) mass is 518 g/mol.